The van der Waals surface area contributed by atoms with Crippen molar-refractivity contribution >= 4 is 10.1 Å². The second kappa shape index (κ2) is 10.6. The number of rotatable bonds is 5. The number of hydrogen-bond donors (Lipinski definition) is 2. The van der Waals surface area contributed by atoms with Gasteiger partial charge in [0.1, 0.15) is 0 Å². The zero-order valence-corrected chi connectivity index (χ0v) is 25.1. The number of ether oxygens (including phenoxy) is 1. The summed E-state index contributed by atoms with van der Waals surface area (Å²) in [7, 11) is -4.02. The van der Waals surface area contributed by atoms with E-state index >= 15 is 0 Å². The first-order valence-corrected chi connectivity index (χ1v) is 16.4. The molecule has 12 heteroatoms. The molecule has 41 heavy (non-hydrogen) atoms. The molecule has 0 unspecified atom stereocenters. The highest BCUT2D eigenvalue weighted by Gasteiger charge is 2.66. The third kappa shape index (κ3) is 6.09. The Hall–Kier alpha value is -1.96. The molecule has 3 N–H and O–H groups in total. The van der Waals surface area contributed by atoms with Gasteiger partial charge in [0.2, 0.25) is 11.6 Å². The summed E-state index contributed by atoms with van der Waals surface area (Å²) in [4.78, 5) is 12.1. The maximum Gasteiger partial charge on any atom is 0.294 e. The van der Waals surface area contributed by atoms with Gasteiger partial charge in [-0.3, -0.25) is 4.55 Å². The average molecular weight is 590 g/mol. The molecule has 226 valence electrons. The van der Waals surface area contributed by atoms with Crippen molar-refractivity contribution in [1.82, 2.24) is 20.2 Å². The fraction of sp³-hybridized carbons (Fsp3) is 0.759. The molecule has 0 radical (unpaired) electrons. The van der Waals surface area contributed by atoms with Gasteiger partial charge in [-0.05, 0) is 106 Å². The van der Waals surface area contributed by atoms with Crippen molar-refractivity contribution in [2.24, 2.45) is 35.3 Å². The van der Waals surface area contributed by atoms with Crippen LogP contribution in [0.15, 0.2) is 29.2 Å². The summed E-state index contributed by atoms with van der Waals surface area (Å²) in [5.74, 6) is 3.28. The Balaban J connectivity index is 0.000000233. The fourth-order valence-corrected chi connectivity index (χ4v) is 8.44. The van der Waals surface area contributed by atoms with Crippen LogP contribution in [-0.4, -0.2) is 50.3 Å². The van der Waals surface area contributed by atoms with E-state index in [1.165, 1.54) is 44.2 Å². The molecule has 6 fully saturated rings. The number of aromatic nitrogens is 4. The SMILES string of the molecule is CC(C)(N)Cn1nnnc1CC1CCC2(CC1)OOC1(O2)C2CC3CC(C2)CC1C3.Cc1ccc(S(=O)(=O)O)cc1. The van der Waals surface area contributed by atoms with Gasteiger partial charge in [0.15, 0.2) is 5.82 Å². The van der Waals surface area contributed by atoms with Gasteiger partial charge in [0, 0.05) is 36.6 Å². The Morgan fingerprint density at radius 1 is 1.02 bits per heavy atom. The molecule has 6 aliphatic rings. The predicted octanol–water partition coefficient (Wildman–Crippen LogP) is 4.21. The van der Waals surface area contributed by atoms with E-state index < -0.39 is 21.7 Å². The molecule has 0 atom stereocenters. The predicted molar refractivity (Wildman–Crippen MR) is 149 cm³/mol. The summed E-state index contributed by atoms with van der Waals surface area (Å²) in [6.07, 6.45) is 11.2. The topological polar surface area (TPSA) is 152 Å². The Kier molecular flexibility index (Phi) is 7.56. The third-order valence-electron chi connectivity index (χ3n) is 9.77. The average Bonchev–Trinajstić information content (AvgIpc) is 3.48. The number of benzene rings is 1. The minimum absolute atomic E-state index is 0.0666. The fourth-order valence-electron chi connectivity index (χ4n) is 7.96. The van der Waals surface area contributed by atoms with E-state index in [4.69, 9.17) is 24.8 Å². The zero-order chi connectivity index (χ0) is 29.0. The van der Waals surface area contributed by atoms with Crippen molar-refractivity contribution in [3.63, 3.8) is 0 Å². The molecule has 2 spiro atoms. The van der Waals surface area contributed by atoms with Gasteiger partial charge in [-0.25, -0.2) is 4.68 Å². The molecule has 8 rings (SSSR count). The number of aryl methyl sites for hydroxylation is 1. The van der Waals surface area contributed by atoms with Gasteiger partial charge >= 0.3 is 0 Å². The number of tetrazole rings is 1. The first-order valence-electron chi connectivity index (χ1n) is 15.0. The lowest BCUT2D eigenvalue weighted by molar-refractivity contribution is -0.390. The van der Waals surface area contributed by atoms with E-state index in [-0.39, 0.29) is 10.4 Å². The van der Waals surface area contributed by atoms with Gasteiger partial charge in [-0.2, -0.15) is 18.2 Å². The molecule has 1 saturated heterocycles. The van der Waals surface area contributed by atoms with Crippen LogP contribution < -0.4 is 5.73 Å². The van der Waals surface area contributed by atoms with Gasteiger partial charge < -0.3 is 10.5 Å². The van der Waals surface area contributed by atoms with Gasteiger partial charge in [-0.1, -0.05) is 17.7 Å². The van der Waals surface area contributed by atoms with Crippen molar-refractivity contribution in [3.8, 4) is 0 Å². The minimum atomic E-state index is -4.02. The molecule has 1 aromatic heterocycles. The standard InChI is InChI=1S/C22H35N5O3.C7H8O3S/c1-20(2,23)13-27-19(24-25-26-27)12-14-3-5-21(6-4-14)28-22(30-29-21)17-8-15-7-16(10-17)11-18(22)9-15;1-6-2-4-7(5-3-6)11(8,9)10/h14-18H,3-13,23H2,1-2H3;2-5H,1H3,(H,8,9,10). The highest BCUT2D eigenvalue weighted by molar-refractivity contribution is 7.85. The monoisotopic (exact) mass is 589 g/mol. The second-order valence-electron chi connectivity index (χ2n) is 13.9. The molecule has 0 amide bonds. The lowest BCUT2D eigenvalue weighted by atomic mass is 9.53. The highest BCUT2D eigenvalue weighted by atomic mass is 32.2. The number of hydrogen-bond acceptors (Lipinski definition) is 9. The molecule has 1 aliphatic heterocycles. The smallest absolute Gasteiger partial charge is 0.294 e. The molecule has 11 nitrogen and oxygen atoms in total. The first kappa shape index (κ1) is 29.1. The molecule has 5 aliphatic carbocycles. The quantitative estimate of drug-likeness (QED) is 0.383. The Bertz CT molecular complexity index is 1300. The Labute approximate surface area is 242 Å². The van der Waals surface area contributed by atoms with Crippen LogP contribution in [-0.2, 0) is 37.6 Å². The highest BCUT2D eigenvalue weighted by Crippen LogP contribution is 2.63. The lowest BCUT2D eigenvalue weighted by Gasteiger charge is -2.57. The van der Waals surface area contributed by atoms with Crippen molar-refractivity contribution in [1.29, 1.82) is 0 Å². The van der Waals surface area contributed by atoms with E-state index in [1.807, 2.05) is 25.5 Å². The number of nitrogens with zero attached hydrogens (tertiary/aromatic N) is 4. The first-order chi connectivity index (χ1) is 19.3. The Morgan fingerprint density at radius 2 is 1.63 bits per heavy atom. The summed E-state index contributed by atoms with van der Waals surface area (Å²) in [5, 5.41) is 12.3. The van der Waals surface area contributed by atoms with Crippen molar-refractivity contribution in [3.05, 3.63) is 35.7 Å². The van der Waals surface area contributed by atoms with Crippen LogP contribution >= 0.6 is 0 Å². The van der Waals surface area contributed by atoms with Gasteiger partial charge in [-0.15, -0.1) is 5.10 Å². The summed E-state index contributed by atoms with van der Waals surface area (Å²) in [5.41, 5.74) is 6.78. The lowest BCUT2D eigenvalue weighted by Crippen LogP contribution is -2.59. The zero-order valence-electron chi connectivity index (χ0n) is 24.2. The second-order valence-corrected chi connectivity index (χ2v) is 15.3. The van der Waals surface area contributed by atoms with Crippen LogP contribution in [0.1, 0.15) is 83.0 Å². The summed E-state index contributed by atoms with van der Waals surface area (Å²) in [6.45, 7) is 6.46. The molecule has 4 bridgehead atoms. The van der Waals surface area contributed by atoms with Crippen molar-refractivity contribution < 1.29 is 27.5 Å². The molecule has 2 aromatic rings. The van der Waals surface area contributed by atoms with E-state index in [0.29, 0.717) is 24.3 Å². The van der Waals surface area contributed by atoms with Crippen LogP contribution in [0.2, 0.25) is 0 Å². The third-order valence-corrected chi connectivity index (χ3v) is 10.6. The maximum absolute atomic E-state index is 10.5. The van der Waals surface area contributed by atoms with Crippen LogP contribution in [0.3, 0.4) is 0 Å². The summed E-state index contributed by atoms with van der Waals surface area (Å²) >= 11 is 0. The van der Waals surface area contributed by atoms with Crippen LogP contribution in [0, 0.1) is 36.5 Å². The van der Waals surface area contributed by atoms with E-state index in [9.17, 15) is 8.42 Å². The van der Waals surface area contributed by atoms with Gasteiger partial charge in [0.25, 0.3) is 10.1 Å². The summed E-state index contributed by atoms with van der Waals surface area (Å²) in [6, 6.07) is 5.99. The van der Waals surface area contributed by atoms with Gasteiger partial charge in [0.05, 0.1) is 11.4 Å². The van der Waals surface area contributed by atoms with Crippen molar-refractivity contribution in [2.45, 2.75) is 114 Å². The Morgan fingerprint density at radius 3 is 2.20 bits per heavy atom. The molecular weight excluding hydrogens is 546 g/mol. The van der Waals surface area contributed by atoms with E-state index in [1.54, 1.807) is 12.1 Å². The largest absolute Gasteiger partial charge is 0.324 e. The van der Waals surface area contributed by atoms with E-state index in [0.717, 1.165) is 55.3 Å². The molecule has 1 aromatic carbocycles. The number of nitrogens with two attached hydrogens (primary N) is 1. The minimum Gasteiger partial charge on any atom is -0.324 e. The van der Waals surface area contributed by atoms with Crippen LogP contribution in [0.4, 0.5) is 0 Å². The molecule has 5 saturated carbocycles. The van der Waals surface area contributed by atoms with E-state index in [2.05, 4.69) is 15.5 Å². The molecular formula is C29H43N5O6S. The normalized spacial score (nSPS) is 36.1. The molecule has 2 heterocycles. The van der Waals surface area contributed by atoms with Crippen LogP contribution in [0.25, 0.3) is 0 Å². The maximum atomic E-state index is 10.5. The summed E-state index contributed by atoms with van der Waals surface area (Å²) < 4.78 is 38.2. The van der Waals surface area contributed by atoms with Crippen molar-refractivity contribution in [2.75, 3.05) is 0 Å². The van der Waals surface area contributed by atoms with Crippen LogP contribution in [0.5, 0.6) is 0 Å².